The lowest BCUT2D eigenvalue weighted by Gasteiger charge is -2.29. The molecular weight excluding hydrogens is 330 g/mol. The zero-order chi connectivity index (χ0) is 20.1. The van der Waals surface area contributed by atoms with Crippen LogP contribution in [0.2, 0.25) is 0 Å². The molecule has 0 aliphatic rings. The minimum Gasteiger partial charge on any atom is -0.461 e. The van der Waals surface area contributed by atoms with E-state index in [2.05, 4.69) is 18.7 Å². The average Bonchev–Trinajstić information content (AvgIpc) is 2.55. The van der Waals surface area contributed by atoms with Crippen LogP contribution >= 0.6 is 0 Å². The highest BCUT2D eigenvalue weighted by atomic mass is 16.5. The first-order valence-electron chi connectivity index (χ1n) is 9.12. The van der Waals surface area contributed by atoms with E-state index in [0.717, 1.165) is 16.8 Å². The molecule has 1 rings (SSSR count). The van der Waals surface area contributed by atoms with E-state index in [1.807, 2.05) is 59.9 Å². The summed E-state index contributed by atoms with van der Waals surface area (Å²) in [5, 5.41) is 0. The molecule has 0 fully saturated rings. The Kier molecular flexibility index (Phi) is 7.67. The maximum absolute atomic E-state index is 12.1. The number of ether oxygens (including phenoxy) is 2. The molecule has 0 saturated carbocycles. The highest BCUT2D eigenvalue weighted by molar-refractivity contribution is 5.75. The largest absolute Gasteiger partial charge is 0.461 e. The van der Waals surface area contributed by atoms with Crippen LogP contribution in [0.15, 0.2) is 18.2 Å². The molecule has 0 bridgehead atoms. The number of para-hydroxylation sites is 1. The zero-order valence-corrected chi connectivity index (χ0v) is 17.4. The predicted octanol–water partition coefficient (Wildman–Crippen LogP) is 4.32. The molecule has 26 heavy (non-hydrogen) atoms. The molecular formula is C21H33NO4. The number of benzene rings is 1. The topological polar surface area (TPSA) is 55.8 Å². The Balaban J connectivity index is 3.11. The van der Waals surface area contributed by atoms with Crippen LogP contribution in [0.1, 0.15) is 59.6 Å². The molecule has 0 spiro atoms. The van der Waals surface area contributed by atoms with Gasteiger partial charge in [0.05, 0.1) is 11.3 Å². The van der Waals surface area contributed by atoms with Crippen LogP contribution in [0.25, 0.3) is 0 Å². The molecule has 146 valence electrons. The van der Waals surface area contributed by atoms with Gasteiger partial charge in [0.15, 0.2) is 0 Å². The van der Waals surface area contributed by atoms with Gasteiger partial charge < -0.3 is 14.4 Å². The minimum atomic E-state index is -0.547. The summed E-state index contributed by atoms with van der Waals surface area (Å²) >= 11 is 0. The summed E-state index contributed by atoms with van der Waals surface area (Å²) in [4.78, 5) is 26.1. The van der Waals surface area contributed by atoms with Gasteiger partial charge in [-0.3, -0.25) is 9.59 Å². The molecule has 0 aliphatic carbocycles. The lowest BCUT2D eigenvalue weighted by molar-refractivity contribution is -0.154. The van der Waals surface area contributed by atoms with E-state index in [4.69, 9.17) is 9.47 Å². The number of nitrogens with zero attached hydrogens (tertiary/aromatic N) is 1. The van der Waals surface area contributed by atoms with Gasteiger partial charge in [-0.1, -0.05) is 32.0 Å². The molecule has 0 saturated heterocycles. The summed E-state index contributed by atoms with van der Waals surface area (Å²) in [5.74, 6) is -0.641. The molecule has 0 aliphatic heterocycles. The molecule has 5 heteroatoms. The summed E-state index contributed by atoms with van der Waals surface area (Å²) in [6.45, 7) is 13.7. The van der Waals surface area contributed by atoms with Crippen LogP contribution in [0, 0.1) is 11.3 Å². The van der Waals surface area contributed by atoms with E-state index in [1.165, 1.54) is 0 Å². The highest BCUT2D eigenvalue weighted by Gasteiger charge is 2.24. The monoisotopic (exact) mass is 363 g/mol. The van der Waals surface area contributed by atoms with Crippen molar-refractivity contribution < 1.29 is 19.1 Å². The van der Waals surface area contributed by atoms with Crippen LogP contribution < -0.4 is 4.90 Å². The maximum Gasteiger partial charge on any atom is 0.311 e. The van der Waals surface area contributed by atoms with E-state index < -0.39 is 5.41 Å². The van der Waals surface area contributed by atoms with Gasteiger partial charge in [-0.2, -0.15) is 0 Å². The van der Waals surface area contributed by atoms with Gasteiger partial charge in [0.25, 0.3) is 0 Å². The Hall–Kier alpha value is -2.04. The van der Waals surface area contributed by atoms with Crippen molar-refractivity contribution in [1.29, 1.82) is 0 Å². The molecule has 1 aromatic rings. The van der Waals surface area contributed by atoms with Crippen molar-refractivity contribution in [3.8, 4) is 0 Å². The number of carbonyl (C=O) groups excluding carboxylic acids is 2. The SMILES string of the molecule is CC(C)C(=O)OCc1cccc(COC(=O)C(C)(C)C)c1N(C)C(C)C. The number of rotatable bonds is 7. The second kappa shape index (κ2) is 9.06. The zero-order valence-electron chi connectivity index (χ0n) is 17.4. The quantitative estimate of drug-likeness (QED) is 0.675. The number of hydrogen-bond acceptors (Lipinski definition) is 5. The Morgan fingerprint density at radius 1 is 1.00 bits per heavy atom. The predicted molar refractivity (Wildman–Crippen MR) is 104 cm³/mol. The van der Waals surface area contributed by atoms with E-state index in [-0.39, 0.29) is 37.1 Å². The van der Waals surface area contributed by atoms with E-state index in [0.29, 0.717) is 0 Å². The van der Waals surface area contributed by atoms with Gasteiger partial charge in [-0.25, -0.2) is 0 Å². The third-order valence-corrected chi connectivity index (χ3v) is 4.14. The standard InChI is InChI=1S/C21H33NO4/c1-14(2)19(23)25-12-16-10-9-11-17(18(16)22(8)15(3)4)13-26-20(24)21(5,6)7/h9-11,14-15H,12-13H2,1-8H3. The molecule has 0 unspecified atom stereocenters. The van der Waals surface area contributed by atoms with E-state index in [1.54, 1.807) is 0 Å². The summed E-state index contributed by atoms with van der Waals surface area (Å²) in [5.41, 5.74) is 2.20. The first-order chi connectivity index (χ1) is 11.9. The summed E-state index contributed by atoms with van der Waals surface area (Å²) in [7, 11) is 1.99. The summed E-state index contributed by atoms with van der Waals surface area (Å²) in [6.07, 6.45) is 0. The molecule has 5 nitrogen and oxygen atoms in total. The Morgan fingerprint density at radius 3 is 1.92 bits per heavy atom. The molecule has 0 atom stereocenters. The fraction of sp³-hybridized carbons (Fsp3) is 0.619. The first kappa shape index (κ1) is 22.0. The van der Waals surface area contributed by atoms with Gasteiger partial charge in [0, 0.05) is 29.9 Å². The van der Waals surface area contributed by atoms with Crippen LogP contribution in [0.4, 0.5) is 5.69 Å². The molecule has 0 radical (unpaired) electrons. The average molecular weight is 363 g/mol. The van der Waals surface area contributed by atoms with Crippen LogP contribution in [-0.2, 0) is 32.3 Å². The van der Waals surface area contributed by atoms with Crippen molar-refractivity contribution in [1.82, 2.24) is 0 Å². The van der Waals surface area contributed by atoms with Crippen molar-refractivity contribution in [3.63, 3.8) is 0 Å². The number of anilines is 1. The Morgan fingerprint density at radius 2 is 1.50 bits per heavy atom. The molecule has 0 amide bonds. The van der Waals surface area contributed by atoms with Gasteiger partial charge in [-0.05, 0) is 34.6 Å². The van der Waals surface area contributed by atoms with Crippen molar-refractivity contribution >= 4 is 17.6 Å². The lowest BCUT2D eigenvalue weighted by atomic mass is 9.97. The fourth-order valence-electron chi connectivity index (χ4n) is 2.26. The maximum atomic E-state index is 12.1. The Labute approximate surface area is 157 Å². The van der Waals surface area contributed by atoms with E-state index in [9.17, 15) is 9.59 Å². The number of carbonyl (C=O) groups is 2. The smallest absolute Gasteiger partial charge is 0.311 e. The molecule has 1 aromatic carbocycles. The molecule has 0 N–H and O–H groups in total. The fourth-order valence-corrected chi connectivity index (χ4v) is 2.26. The number of hydrogen-bond donors (Lipinski definition) is 0. The summed E-state index contributed by atoms with van der Waals surface area (Å²) in [6, 6.07) is 6.03. The van der Waals surface area contributed by atoms with Crippen molar-refractivity contribution in [3.05, 3.63) is 29.3 Å². The second-order valence-electron chi connectivity index (χ2n) is 8.22. The Bertz CT molecular complexity index is 629. The normalized spacial score (nSPS) is 11.6. The molecule has 0 aromatic heterocycles. The van der Waals surface area contributed by atoms with Gasteiger partial charge in [0.2, 0.25) is 0 Å². The first-order valence-corrected chi connectivity index (χ1v) is 9.12. The third-order valence-electron chi connectivity index (χ3n) is 4.14. The van der Waals surface area contributed by atoms with Gasteiger partial charge in [-0.15, -0.1) is 0 Å². The second-order valence-corrected chi connectivity index (χ2v) is 8.22. The van der Waals surface area contributed by atoms with Crippen molar-refractivity contribution in [2.24, 2.45) is 11.3 Å². The third kappa shape index (κ3) is 6.04. The van der Waals surface area contributed by atoms with Gasteiger partial charge >= 0.3 is 11.9 Å². The van der Waals surface area contributed by atoms with E-state index >= 15 is 0 Å². The van der Waals surface area contributed by atoms with Crippen LogP contribution in [0.3, 0.4) is 0 Å². The van der Waals surface area contributed by atoms with Crippen molar-refractivity contribution in [2.75, 3.05) is 11.9 Å². The van der Waals surface area contributed by atoms with Gasteiger partial charge in [0.1, 0.15) is 13.2 Å². The van der Waals surface area contributed by atoms with Crippen LogP contribution in [-0.4, -0.2) is 25.0 Å². The highest BCUT2D eigenvalue weighted by Crippen LogP contribution is 2.29. The van der Waals surface area contributed by atoms with Crippen molar-refractivity contribution in [2.45, 2.75) is 67.7 Å². The lowest BCUT2D eigenvalue weighted by Crippen LogP contribution is -2.29. The minimum absolute atomic E-state index is 0.169. The molecule has 0 heterocycles. The van der Waals surface area contributed by atoms with Crippen LogP contribution in [0.5, 0.6) is 0 Å². The summed E-state index contributed by atoms with van der Waals surface area (Å²) < 4.78 is 10.9. The number of esters is 2.